The molecule has 4 aromatic carbocycles. The summed E-state index contributed by atoms with van der Waals surface area (Å²) in [6.45, 7) is 0.107. The Balaban J connectivity index is 1.14. The Kier molecular flexibility index (Phi) is 7.20. The van der Waals surface area contributed by atoms with E-state index in [0.717, 1.165) is 28.0 Å². The van der Waals surface area contributed by atoms with Gasteiger partial charge in [0.25, 0.3) is 0 Å². The topological polar surface area (TPSA) is 70.9 Å². The molecule has 0 bridgehead atoms. The zero-order valence-electron chi connectivity index (χ0n) is 28.0. The summed E-state index contributed by atoms with van der Waals surface area (Å²) in [7, 11) is 0. The van der Waals surface area contributed by atoms with E-state index in [4.69, 9.17) is 15.0 Å². The van der Waals surface area contributed by atoms with Crippen molar-refractivity contribution >= 4 is 42.9 Å². The second-order valence-electron chi connectivity index (χ2n) is 13.0. The SMILES string of the molecule is C1=CB2N3C=c4ccccc4=CB3c3ccccc3N2C(c2ccc(-c3nc(-c4ccccn4)nc(-c4ccccn4)n3)cc2-c2ccccc2)=C1. The monoisotopic (exact) mass is 665 g/mol. The Labute approximate surface area is 302 Å². The first-order valence-electron chi connectivity index (χ1n) is 17.4. The van der Waals surface area contributed by atoms with E-state index in [9.17, 15) is 0 Å². The Bertz CT molecular complexity index is 2610. The van der Waals surface area contributed by atoms with Crippen LogP contribution in [-0.2, 0) is 0 Å². The van der Waals surface area contributed by atoms with Crippen molar-refractivity contribution in [3.8, 4) is 45.6 Å². The lowest BCUT2D eigenvalue weighted by atomic mass is 9.42. The van der Waals surface area contributed by atoms with Gasteiger partial charge in [0, 0.05) is 34.9 Å². The first kappa shape index (κ1) is 30.0. The van der Waals surface area contributed by atoms with Crippen LogP contribution in [0, 0.1) is 0 Å². The van der Waals surface area contributed by atoms with Crippen molar-refractivity contribution in [2.75, 3.05) is 4.81 Å². The quantitative estimate of drug-likeness (QED) is 0.207. The maximum absolute atomic E-state index is 4.97. The van der Waals surface area contributed by atoms with Crippen molar-refractivity contribution in [3.05, 3.63) is 180 Å². The second-order valence-corrected chi connectivity index (χ2v) is 13.0. The molecule has 7 nitrogen and oxygen atoms in total. The molecule has 0 saturated heterocycles. The highest BCUT2D eigenvalue weighted by Crippen LogP contribution is 2.40. The number of hydrogen-bond acceptors (Lipinski definition) is 7. The van der Waals surface area contributed by atoms with Crippen molar-refractivity contribution in [1.82, 2.24) is 29.6 Å². The smallest absolute Gasteiger partial charge is 0.395 e. The molecular formula is C43H29B2N7. The summed E-state index contributed by atoms with van der Waals surface area (Å²) in [5.41, 5.74) is 9.11. The highest BCUT2D eigenvalue weighted by molar-refractivity contribution is 6.96. The van der Waals surface area contributed by atoms with Crippen LogP contribution in [0.5, 0.6) is 0 Å². The number of fused-ring (bicyclic) bond motifs is 7. The van der Waals surface area contributed by atoms with Gasteiger partial charge in [-0.05, 0) is 75.7 Å². The molecule has 3 aromatic heterocycles. The first-order chi connectivity index (χ1) is 25.8. The van der Waals surface area contributed by atoms with Crippen LogP contribution in [0.15, 0.2) is 164 Å². The molecule has 0 fully saturated rings. The van der Waals surface area contributed by atoms with E-state index in [2.05, 4.69) is 147 Å². The van der Waals surface area contributed by atoms with Gasteiger partial charge in [0.15, 0.2) is 17.5 Å². The first-order valence-corrected chi connectivity index (χ1v) is 17.4. The van der Waals surface area contributed by atoms with Crippen molar-refractivity contribution in [3.63, 3.8) is 0 Å². The standard InChI is InChI=1S/C43H29B2N7/c1-2-13-30(14-3-1)35-27-31(41-48-42(37-18-8-10-25-46-37)50-43(49-41)38-19-9-11-26-47-38)22-23-34(35)39-21-12-24-45-51-29-33-16-5-4-15-32(33)28-44(51)36-17-6-7-20-40(36)52(39)45/h1-29H. The van der Waals surface area contributed by atoms with Gasteiger partial charge in [-0.15, -0.1) is 0 Å². The van der Waals surface area contributed by atoms with Crippen LogP contribution in [0.3, 0.4) is 0 Å². The lowest BCUT2D eigenvalue weighted by molar-refractivity contribution is 0.948. The molecule has 52 heavy (non-hydrogen) atoms. The van der Waals surface area contributed by atoms with Gasteiger partial charge in [0.1, 0.15) is 11.4 Å². The molecule has 3 aliphatic rings. The van der Waals surface area contributed by atoms with Gasteiger partial charge in [0.2, 0.25) is 0 Å². The molecule has 0 amide bonds. The van der Waals surface area contributed by atoms with Crippen LogP contribution in [0.1, 0.15) is 5.56 Å². The summed E-state index contributed by atoms with van der Waals surface area (Å²) < 4.78 is 2.48. The van der Waals surface area contributed by atoms with Crippen molar-refractivity contribution in [1.29, 1.82) is 0 Å². The average molecular weight is 665 g/mol. The highest BCUT2D eigenvalue weighted by Gasteiger charge is 2.44. The summed E-state index contributed by atoms with van der Waals surface area (Å²) in [5, 5.41) is 2.49. The zero-order chi connectivity index (χ0) is 34.4. The molecule has 9 heteroatoms. The molecule has 6 heterocycles. The number of aromatic nitrogens is 5. The van der Waals surface area contributed by atoms with Crippen LogP contribution in [0.4, 0.5) is 5.69 Å². The summed E-state index contributed by atoms with van der Waals surface area (Å²) in [6.07, 6.45) is 10.3. The molecule has 242 valence electrons. The molecule has 10 rings (SSSR count). The minimum atomic E-state index is -0.0156. The Morgan fingerprint density at radius 2 is 1.21 bits per heavy atom. The number of nitrogens with zero attached hydrogens (tertiary/aromatic N) is 7. The van der Waals surface area contributed by atoms with Gasteiger partial charge in [0.05, 0.1) is 0 Å². The third kappa shape index (κ3) is 5.14. The normalized spacial score (nSPS) is 14.0. The van der Waals surface area contributed by atoms with Crippen LogP contribution in [0.2, 0.25) is 0 Å². The van der Waals surface area contributed by atoms with Gasteiger partial charge >= 0.3 is 13.8 Å². The molecule has 0 radical (unpaired) electrons. The zero-order valence-corrected chi connectivity index (χ0v) is 28.0. The van der Waals surface area contributed by atoms with Crippen LogP contribution < -0.4 is 20.7 Å². The van der Waals surface area contributed by atoms with Gasteiger partial charge in [-0.2, -0.15) is 0 Å². The lowest BCUT2D eigenvalue weighted by Gasteiger charge is -2.48. The maximum Gasteiger partial charge on any atom is 0.395 e. The molecule has 0 unspecified atom stereocenters. The third-order valence-corrected chi connectivity index (χ3v) is 9.89. The average Bonchev–Trinajstić information content (AvgIpc) is 3.23. The molecule has 3 aliphatic heterocycles. The second kappa shape index (κ2) is 12.5. The predicted molar refractivity (Wildman–Crippen MR) is 211 cm³/mol. The Hall–Kier alpha value is -6.86. The lowest BCUT2D eigenvalue weighted by Crippen LogP contribution is -2.66. The molecule has 0 N–H and O–H groups in total. The molecule has 0 saturated carbocycles. The molecule has 0 atom stereocenters. The Morgan fingerprint density at radius 1 is 0.538 bits per heavy atom. The van der Waals surface area contributed by atoms with E-state index in [1.165, 1.54) is 21.6 Å². The van der Waals surface area contributed by atoms with Gasteiger partial charge in [-0.25, -0.2) is 15.0 Å². The minimum Gasteiger partial charge on any atom is -0.436 e. The van der Waals surface area contributed by atoms with E-state index in [0.29, 0.717) is 28.9 Å². The van der Waals surface area contributed by atoms with Gasteiger partial charge < -0.3 is 9.53 Å². The highest BCUT2D eigenvalue weighted by atomic mass is 15.2. The van der Waals surface area contributed by atoms with Crippen LogP contribution in [-0.4, -0.2) is 43.5 Å². The summed E-state index contributed by atoms with van der Waals surface area (Å²) in [5.74, 6) is 6.24. The van der Waals surface area contributed by atoms with E-state index in [1.54, 1.807) is 12.4 Å². The number of benzene rings is 4. The number of para-hydroxylation sites is 1. The van der Waals surface area contributed by atoms with E-state index < -0.39 is 0 Å². The largest absolute Gasteiger partial charge is 0.436 e. The van der Waals surface area contributed by atoms with Crippen LogP contribution >= 0.6 is 0 Å². The number of allylic oxidation sites excluding steroid dienone is 2. The predicted octanol–water partition coefficient (Wildman–Crippen LogP) is 6.06. The number of hydrogen-bond donors (Lipinski definition) is 0. The number of anilines is 1. The molecule has 0 aliphatic carbocycles. The molecule has 0 spiro atoms. The van der Waals surface area contributed by atoms with Gasteiger partial charge in [-0.1, -0.05) is 115 Å². The fraction of sp³-hybridized carbons (Fsp3) is 0. The Morgan fingerprint density at radius 3 is 1.96 bits per heavy atom. The summed E-state index contributed by atoms with van der Waals surface area (Å²) in [4.78, 5) is 26.3. The van der Waals surface area contributed by atoms with E-state index in [1.807, 2.05) is 36.4 Å². The maximum atomic E-state index is 4.97. The fourth-order valence-electron chi connectivity index (χ4n) is 7.49. The van der Waals surface area contributed by atoms with E-state index >= 15 is 0 Å². The van der Waals surface area contributed by atoms with Crippen molar-refractivity contribution in [2.45, 2.75) is 0 Å². The van der Waals surface area contributed by atoms with Crippen LogP contribution in [0.25, 0.3) is 63.4 Å². The van der Waals surface area contributed by atoms with Gasteiger partial charge in [-0.3, -0.25) is 9.97 Å². The fourth-order valence-corrected chi connectivity index (χ4v) is 7.49. The minimum absolute atomic E-state index is 0.0156. The third-order valence-electron chi connectivity index (χ3n) is 9.89. The molecule has 7 aromatic rings. The van der Waals surface area contributed by atoms with Crippen molar-refractivity contribution < 1.29 is 0 Å². The van der Waals surface area contributed by atoms with E-state index in [-0.39, 0.29) is 13.8 Å². The summed E-state index contributed by atoms with van der Waals surface area (Å²) >= 11 is 0. The number of pyridine rings is 2. The molecular weight excluding hydrogens is 636 g/mol. The van der Waals surface area contributed by atoms with Crippen molar-refractivity contribution in [2.24, 2.45) is 0 Å². The summed E-state index contributed by atoms with van der Waals surface area (Å²) in [6, 6.07) is 46.0. The number of rotatable bonds is 5.